The maximum Gasteiger partial charge on any atom is 0.252 e. The van der Waals surface area contributed by atoms with Crippen molar-refractivity contribution in [1.29, 1.82) is 0 Å². The summed E-state index contributed by atoms with van der Waals surface area (Å²) in [7, 11) is -3.43. The third kappa shape index (κ3) is 9.49. The van der Waals surface area contributed by atoms with Gasteiger partial charge >= 0.3 is 0 Å². The molecule has 0 saturated heterocycles. The van der Waals surface area contributed by atoms with Gasteiger partial charge in [0.1, 0.15) is 0 Å². The van der Waals surface area contributed by atoms with Gasteiger partial charge in [-0.2, -0.15) is 0 Å². The van der Waals surface area contributed by atoms with Crippen LogP contribution in [0.3, 0.4) is 0 Å². The van der Waals surface area contributed by atoms with Gasteiger partial charge in [-0.3, -0.25) is 9.97 Å². The fraction of sp³-hybridized carbons (Fsp3) is 0.116. The molecule has 0 spiro atoms. The quantitative estimate of drug-likeness (QED) is 0.128. The smallest absolute Gasteiger partial charge is 0.252 e. The van der Waals surface area contributed by atoms with Crippen molar-refractivity contribution < 1.29 is 0 Å². The van der Waals surface area contributed by atoms with Crippen LogP contribution in [0.1, 0.15) is 26.3 Å². The standard InChI is InChI=1S/C86H73BN6Si2/c1-86(2,3)60-46-81-83-82(47-60)93(85-71(58-30-18-12-19-31-58)54-89-55-72(85)59-32-20-13-21-33-59)80-49-62(91-77-44-40-63(94(4,5)6)50-67(77)68-51-64(95(7,8)9)41-45-78(68)91)39-43-74(80)87(83)73-42-38-61(90-75-36-24-22-34-65(75)66-35-23-25-37-76(66)90)48-79(73)92(81)84-69(56-26-14-10-15-27-56)52-88-53-70(84)57-28-16-11-17-29-57/h10-55H,1-9H3. The minimum Gasteiger partial charge on any atom is -0.310 e. The summed E-state index contributed by atoms with van der Waals surface area (Å²) in [5, 5.41) is 8.00. The van der Waals surface area contributed by atoms with E-state index in [1.54, 1.807) is 0 Å². The summed E-state index contributed by atoms with van der Waals surface area (Å²) in [5.41, 5.74) is 26.7. The van der Waals surface area contributed by atoms with Crippen molar-refractivity contribution >= 4 is 127 Å². The van der Waals surface area contributed by atoms with Crippen LogP contribution in [0.5, 0.6) is 0 Å². The maximum atomic E-state index is 5.18. The second kappa shape index (κ2) is 22.0. The molecule has 9 heteroatoms. The van der Waals surface area contributed by atoms with Crippen molar-refractivity contribution in [3.05, 3.63) is 285 Å². The first kappa shape index (κ1) is 58.3. The van der Waals surface area contributed by atoms with Gasteiger partial charge in [-0.15, -0.1) is 0 Å². The second-order valence-corrected chi connectivity index (χ2v) is 39.2. The van der Waals surface area contributed by atoms with Crippen LogP contribution in [0.4, 0.5) is 34.1 Å². The zero-order valence-corrected chi connectivity index (χ0v) is 57.3. The van der Waals surface area contributed by atoms with Gasteiger partial charge in [-0.05, 0) is 110 Å². The van der Waals surface area contributed by atoms with Gasteiger partial charge in [0.05, 0.1) is 49.6 Å². The molecule has 0 saturated carbocycles. The lowest BCUT2D eigenvalue weighted by Crippen LogP contribution is -2.61. The molecule has 15 aromatic rings. The van der Waals surface area contributed by atoms with E-state index in [0.717, 1.165) is 101 Å². The van der Waals surface area contributed by atoms with E-state index in [0.29, 0.717) is 0 Å². The predicted molar refractivity (Wildman–Crippen MR) is 411 cm³/mol. The molecule has 2 aliphatic heterocycles. The Bertz CT molecular complexity index is 5320. The van der Waals surface area contributed by atoms with Crippen LogP contribution in [-0.4, -0.2) is 42.0 Å². The molecule has 0 N–H and O–H groups in total. The molecule has 11 aromatic carbocycles. The van der Waals surface area contributed by atoms with E-state index in [2.05, 4.69) is 359 Å². The van der Waals surface area contributed by atoms with Gasteiger partial charge in [0, 0.05) is 103 Å². The number of para-hydroxylation sites is 2. The number of fused-ring (bicyclic) bond motifs is 10. The topological polar surface area (TPSA) is 42.1 Å². The van der Waals surface area contributed by atoms with Crippen LogP contribution in [0.2, 0.25) is 39.3 Å². The average molecular weight is 1260 g/mol. The fourth-order valence-corrected chi connectivity index (χ4v) is 17.6. The SMILES string of the molecule is CC(C)(C)c1cc2c3c(c1)N(c1c(-c4ccccc4)cncc1-c1ccccc1)c1cc(-n4c5ccc([Si](C)(C)C)cc5c5cc([Si](C)(C)C)ccc54)ccc1B3c1ccc(-n3c4ccccc4c4ccccc43)cc1N2c1c(-c2ccccc2)cncc1-c1ccccc1. The summed E-state index contributed by atoms with van der Waals surface area (Å²) < 4.78 is 5.04. The summed E-state index contributed by atoms with van der Waals surface area (Å²) in [4.78, 5) is 15.6. The Hall–Kier alpha value is -10.6. The first-order chi connectivity index (χ1) is 46.1. The molecule has 95 heavy (non-hydrogen) atoms. The van der Waals surface area contributed by atoms with Crippen LogP contribution < -0.4 is 36.6 Å². The average Bonchev–Trinajstić information content (AvgIpc) is 1.16. The first-order valence-corrected chi connectivity index (χ1v) is 40.4. The molecular formula is C86H73BN6Si2. The van der Waals surface area contributed by atoms with E-state index in [1.807, 2.05) is 0 Å². The normalized spacial score (nSPS) is 13.0. The number of hydrogen-bond acceptors (Lipinski definition) is 4. The molecule has 4 aromatic heterocycles. The van der Waals surface area contributed by atoms with E-state index in [4.69, 9.17) is 9.97 Å². The van der Waals surface area contributed by atoms with Crippen molar-refractivity contribution in [3.8, 4) is 55.9 Å². The zero-order chi connectivity index (χ0) is 64.6. The number of aromatic nitrogens is 4. The maximum absolute atomic E-state index is 5.18. The summed E-state index contributed by atoms with van der Waals surface area (Å²) in [5.74, 6) is 0. The lowest BCUT2D eigenvalue weighted by atomic mass is 9.33. The van der Waals surface area contributed by atoms with Crippen molar-refractivity contribution in [2.24, 2.45) is 0 Å². The highest BCUT2D eigenvalue weighted by molar-refractivity contribution is 7.00. The zero-order valence-electron chi connectivity index (χ0n) is 55.3. The molecule has 0 atom stereocenters. The summed E-state index contributed by atoms with van der Waals surface area (Å²) in [6.07, 6.45) is 8.37. The van der Waals surface area contributed by atoms with E-state index >= 15 is 0 Å². The third-order valence-corrected chi connectivity index (χ3v) is 24.2. The Labute approximate surface area is 559 Å². The highest BCUT2D eigenvalue weighted by Gasteiger charge is 2.46. The van der Waals surface area contributed by atoms with Crippen LogP contribution in [0.25, 0.3) is 99.5 Å². The number of nitrogens with zero attached hydrogens (tertiary/aromatic N) is 6. The molecule has 17 rings (SSSR count). The number of hydrogen-bond donors (Lipinski definition) is 0. The van der Waals surface area contributed by atoms with Gasteiger partial charge in [-0.25, -0.2) is 0 Å². The van der Waals surface area contributed by atoms with Crippen molar-refractivity contribution in [3.63, 3.8) is 0 Å². The van der Waals surface area contributed by atoms with E-state index in [1.165, 1.54) is 64.9 Å². The number of pyridine rings is 2. The second-order valence-electron chi connectivity index (χ2n) is 29.1. The molecule has 0 unspecified atom stereocenters. The highest BCUT2D eigenvalue weighted by atomic mass is 28.3. The van der Waals surface area contributed by atoms with E-state index in [9.17, 15) is 0 Å². The largest absolute Gasteiger partial charge is 0.310 e. The van der Waals surface area contributed by atoms with Crippen molar-refractivity contribution in [2.75, 3.05) is 9.80 Å². The summed E-state index contributed by atoms with van der Waals surface area (Å²) >= 11 is 0. The molecule has 458 valence electrons. The van der Waals surface area contributed by atoms with Gasteiger partial charge < -0.3 is 18.9 Å². The predicted octanol–water partition coefficient (Wildman–Crippen LogP) is 19.8. The molecule has 0 fully saturated rings. The van der Waals surface area contributed by atoms with Crippen LogP contribution in [-0.2, 0) is 5.41 Å². The molecule has 0 amide bonds. The summed E-state index contributed by atoms with van der Waals surface area (Å²) in [6, 6.07) is 96.0. The Balaban J connectivity index is 1.04. The number of rotatable bonds is 10. The molecular weight excluding hydrogens is 1180 g/mol. The Morgan fingerprint density at radius 1 is 0.326 bits per heavy atom. The lowest BCUT2D eigenvalue weighted by molar-refractivity contribution is 0.590. The fourth-order valence-electron chi connectivity index (χ4n) is 15.3. The monoisotopic (exact) mass is 1260 g/mol. The van der Waals surface area contributed by atoms with Crippen LogP contribution in [0.15, 0.2) is 280 Å². The van der Waals surface area contributed by atoms with Crippen molar-refractivity contribution in [1.82, 2.24) is 19.1 Å². The number of benzene rings is 11. The third-order valence-electron chi connectivity index (χ3n) is 20.1. The molecule has 2 aliphatic rings. The van der Waals surface area contributed by atoms with Crippen LogP contribution in [0, 0.1) is 0 Å². The Kier molecular flexibility index (Phi) is 13.5. The minimum atomic E-state index is -1.72. The van der Waals surface area contributed by atoms with Crippen LogP contribution >= 0.6 is 0 Å². The van der Waals surface area contributed by atoms with Gasteiger partial charge in [-0.1, -0.05) is 265 Å². The van der Waals surface area contributed by atoms with Gasteiger partial charge in [0.15, 0.2) is 0 Å². The molecule has 6 heterocycles. The molecule has 6 nitrogen and oxygen atoms in total. The Morgan fingerprint density at radius 3 is 1.01 bits per heavy atom. The van der Waals surface area contributed by atoms with Gasteiger partial charge in [0.25, 0.3) is 6.71 Å². The van der Waals surface area contributed by atoms with E-state index in [-0.39, 0.29) is 12.1 Å². The van der Waals surface area contributed by atoms with Crippen molar-refractivity contribution in [2.45, 2.75) is 65.5 Å². The first-order valence-electron chi connectivity index (χ1n) is 33.4. The number of anilines is 6. The molecule has 0 radical (unpaired) electrons. The Morgan fingerprint density at radius 2 is 0.663 bits per heavy atom. The highest BCUT2D eigenvalue weighted by Crippen LogP contribution is 2.54. The van der Waals surface area contributed by atoms with Gasteiger partial charge in [0.2, 0.25) is 0 Å². The lowest BCUT2D eigenvalue weighted by Gasteiger charge is -2.46. The van der Waals surface area contributed by atoms with E-state index < -0.39 is 16.1 Å². The molecule has 0 bridgehead atoms. The summed E-state index contributed by atoms with van der Waals surface area (Å²) in [6.45, 7) is 21.7. The molecule has 0 aliphatic carbocycles. The minimum absolute atomic E-state index is 0.228.